The summed E-state index contributed by atoms with van der Waals surface area (Å²) in [5.74, 6) is 0. The van der Waals surface area contributed by atoms with Gasteiger partial charge in [-0.1, -0.05) is 12.1 Å². The lowest BCUT2D eigenvalue weighted by Crippen LogP contribution is -2.46. The fourth-order valence-corrected chi connectivity index (χ4v) is 3.06. The molecule has 5 heteroatoms. The first-order chi connectivity index (χ1) is 12.2. The minimum absolute atomic E-state index is 0.514. The van der Waals surface area contributed by atoms with E-state index in [1.807, 2.05) is 30.3 Å². The molecule has 122 valence electrons. The average Bonchev–Trinajstić information content (AvgIpc) is 2.68. The Hall–Kier alpha value is -3.33. The molecule has 2 aromatic carbocycles. The average molecular weight is 327 g/mol. The Bertz CT molecular complexity index is 872. The lowest BCUT2D eigenvalue weighted by atomic mass is 10.1. The number of anilines is 1. The van der Waals surface area contributed by atoms with Crippen LogP contribution in [-0.4, -0.2) is 31.1 Å². The summed E-state index contributed by atoms with van der Waals surface area (Å²) in [6, 6.07) is 19.4. The Balaban J connectivity index is 1.63. The Morgan fingerprint density at radius 3 is 2.00 bits per heavy atom. The molecule has 0 unspecified atom stereocenters. The molecule has 1 saturated heterocycles. The van der Waals surface area contributed by atoms with E-state index in [0.29, 0.717) is 16.7 Å². The van der Waals surface area contributed by atoms with Crippen molar-refractivity contribution < 1.29 is 0 Å². The predicted octanol–water partition coefficient (Wildman–Crippen LogP) is 2.62. The van der Waals surface area contributed by atoms with E-state index in [-0.39, 0.29) is 0 Å². The second-order valence-electron chi connectivity index (χ2n) is 6.03. The third-order valence-corrected chi connectivity index (χ3v) is 4.45. The summed E-state index contributed by atoms with van der Waals surface area (Å²) < 4.78 is 0. The largest absolute Gasteiger partial charge is 0.368 e. The summed E-state index contributed by atoms with van der Waals surface area (Å²) in [6.07, 6.45) is 0. The lowest BCUT2D eigenvalue weighted by Gasteiger charge is -2.36. The van der Waals surface area contributed by atoms with Crippen LogP contribution in [0.15, 0.2) is 42.5 Å². The van der Waals surface area contributed by atoms with Gasteiger partial charge in [-0.15, -0.1) is 0 Å². The first-order valence-electron chi connectivity index (χ1n) is 8.14. The molecule has 0 aliphatic carbocycles. The number of hydrogen-bond donors (Lipinski definition) is 0. The van der Waals surface area contributed by atoms with E-state index in [2.05, 4.69) is 28.0 Å². The lowest BCUT2D eigenvalue weighted by molar-refractivity contribution is 0.250. The van der Waals surface area contributed by atoms with Gasteiger partial charge in [0, 0.05) is 32.7 Å². The third-order valence-electron chi connectivity index (χ3n) is 4.45. The summed E-state index contributed by atoms with van der Waals surface area (Å²) >= 11 is 0. The smallest absolute Gasteiger partial charge is 0.101 e. The van der Waals surface area contributed by atoms with E-state index >= 15 is 0 Å². The van der Waals surface area contributed by atoms with Crippen molar-refractivity contribution in [1.29, 1.82) is 15.8 Å². The molecule has 0 spiro atoms. The van der Waals surface area contributed by atoms with Crippen LogP contribution < -0.4 is 4.90 Å². The van der Waals surface area contributed by atoms with Crippen LogP contribution in [0.4, 0.5) is 5.69 Å². The van der Waals surface area contributed by atoms with Crippen molar-refractivity contribution in [2.45, 2.75) is 6.54 Å². The maximum absolute atomic E-state index is 9.34. The SMILES string of the molecule is N#Cc1ccc(CN2CCN(c3ccc(C#N)cc3C#N)CC2)cc1. The van der Waals surface area contributed by atoms with Gasteiger partial charge >= 0.3 is 0 Å². The summed E-state index contributed by atoms with van der Waals surface area (Å²) in [7, 11) is 0. The van der Waals surface area contributed by atoms with Crippen LogP contribution in [0.5, 0.6) is 0 Å². The van der Waals surface area contributed by atoms with Crippen LogP contribution in [0.3, 0.4) is 0 Å². The normalized spacial score (nSPS) is 14.4. The van der Waals surface area contributed by atoms with Crippen LogP contribution >= 0.6 is 0 Å². The van der Waals surface area contributed by atoms with Crippen LogP contribution in [-0.2, 0) is 6.54 Å². The van der Waals surface area contributed by atoms with E-state index in [1.54, 1.807) is 12.1 Å². The second kappa shape index (κ2) is 7.49. The zero-order chi connectivity index (χ0) is 17.6. The van der Waals surface area contributed by atoms with Gasteiger partial charge in [-0.2, -0.15) is 15.8 Å². The number of benzene rings is 2. The van der Waals surface area contributed by atoms with Crippen molar-refractivity contribution in [3.63, 3.8) is 0 Å². The molecule has 0 aromatic heterocycles. The second-order valence-corrected chi connectivity index (χ2v) is 6.03. The highest BCUT2D eigenvalue weighted by molar-refractivity contribution is 5.62. The van der Waals surface area contributed by atoms with Crippen LogP contribution in [0.25, 0.3) is 0 Å². The molecule has 1 aliphatic heterocycles. The van der Waals surface area contributed by atoms with Crippen molar-refractivity contribution in [2.75, 3.05) is 31.1 Å². The molecule has 2 aromatic rings. The first-order valence-corrected chi connectivity index (χ1v) is 8.14. The predicted molar refractivity (Wildman–Crippen MR) is 94.5 cm³/mol. The minimum Gasteiger partial charge on any atom is -0.368 e. The van der Waals surface area contributed by atoms with Crippen LogP contribution in [0, 0.1) is 34.0 Å². The van der Waals surface area contributed by atoms with Gasteiger partial charge in [-0.3, -0.25) is 4.90 Å². The number of piperazine rings is 1. The van der Waals surface area contributed by atoms with E-state index in [1.165, 1.54) is 5.56 Å². The van der Waals surface area contributed by atoms with E-state index in [0.717, 1.165) is 38.4 Å². The molecule has 1 aliphatic rings. The summed E-state index contributed by atoms with van der Waals surface area (Å²) in [5, 5.41) is 27.2. The Morgan fingerprint density at radius 2 is 1.40 bits per heavy atom. The van der Waals surface area contributed by atoms with Gasteiger partial charge in [-0.05, 0) is 35.9 Å². The van der Waals surface area contributed by atoms with Crippen molar-refractivity contribution in [1.82, 2.24) is 4.90 Å². The fraction of sp³-hybridized carbons (Fsp3) is 0.250. The molecular formula is C20H17N5. The number of rotatable bonds is 3. The topological polar surface area (TPSA) is 77.8 Å². The molecule has 0 N–H and O–H groups in total. The summed E-state index contributed by atoms with van der Waals surface area (Å²) in [5.41, 5.74) is 3.85. The van der Waals surface area contributed by atoms with Crippen molar-refractivity contribution in [3.05, 3.63) is 64.7 Å². The Labute approximate surface area is 147 Å². The van der Waals surface area contributed by atoms with Crippen LogP contribution in [0.1, 0.15) is 22.3 Å². The molecule has 0 radical (unpaired) electrons. The molecule has 3 rings (SSSR count). The van der Waals surface area contributed by atoms with Gasteiger partial charge in [0.1, 0.15) is 6.07 Å². The van der Waals surface area contributed by atoms with Gasteiger partial charge < -0.3 is 4.90 Å². The quantitative estimate of drug-likeness (QED) is 0.866. The number of nitrogens with zero attached hydrogens (tertiary/aromatic N) is 5. The van der Waals surface area contributed by atoms with Gasteiger partial charge in [0.25, 0.3) is 0 Å². The van der Waals surface area contributed by atoms with E-state index < -0.39 is 0 Å². The van der Waals surface area contributed by atoms with Crippen molar-refractivity contribution >= 4 is 5.69 Å². The molecule has 0 bridgehead atoms. The standard InChI is InChI=1S/C20H17N5/c21-12-16-1-3-17(4-2-16)15-24-7-9-25(10-8-24)20-6-5-18(13-22)11-19(20)14-23/h1-6,11H,7-10,15H2. The van der Waals surface area contributed by atoms with Gasteiger partial charge in [0.2, 0.25) is 0 Å². The highest BCUT2D eigenvalue weighted by Crippen LogP contribution is 2.23. The zero-order valence-electron chi connectivity index (χ0n) is 13.8. The maximum atomic E-state index is 9.34. The van der Waals surface area contributed by atoms with Gasteiger partial charge in [0.05, 0.1) is 34.5 Å². The number of hydrogen-bond acceptors (Lipinski definition) is 5. The monoisotopic (exact) mass is 327 g/mol. The maximum Gasteiger partial charge on any atom is 0.101 e. The fourth-order valence-electron chi connectivity index (χ4n) is 3.06. The first kappa shape index (κ1) is 16.5. The number of nitriles is 3. The molecule has 0 saturated carbocycles. The molecule has 1 heterocycles. The van der Waals surface area contributed by atoms with E-state index in [9.17, 15) is 5.26 Å². The van der Waals surface area contributed by atoms with Crippen LogP contribution in [0.2, 0.25) is 0 Å². The molecule has 1 fully saturated rings. The molecule has 5 nitrogen and oxygen atoms in total. The summed E-state index contributed by atoms with van der Waals surface area (Å²) in [6.45, 7) is 4.36. The van der Waals surface area contributed by atoms with Crippen molar-refractivity contribution in [3.8, 4) is 18.2 Å². The molecular weight excluding hydrogens is 310 g/mol. The molecule has 25 heavy (non-hydrogen) atoms. The highest BCUT2D eigenvalue weighted by Gasteiger charge is 2.19. The third kappa shape index (κ3) is 3.78. The Kier molecular flexibility index (Phi) is 4.95. The van der Waals surface area contributed by atoms with E-state index in [4.69, 9.17) is 10.5 Å². The molecule has 0 atom stereocenters. The zero-order valence-corrected chi connectivity index (χ0v) is 13.8. The molecule has 0 amide bonds. The van der Waals surface area contributed by atoms with Gasteiger partial charge in [0.15, 0.2) is 0 Å². The van der Waals surface area contributed by atoms with Crippen molar-refractivity contribution in [2.24, 2.45) is 0 Å². The minimum atomic E-state index is 0.514. The summed E-state index contributed by atoms with van der Waals surface area (Å²) in [4.78, 5) is 4.57. The highest BCUT2D eigenvalue weighted by atomic mass is 15.3. The Morgan fingerprint density at radius 1 is 0.760 bits per heavy atom. The van der Waals surface area contributed by atoms with Gasteiger partial charge in [-0.25, -0.2) is 0 Å².